The van der Waals surface area contributed by atoms with Crippen LogP contribution in [-0.2, 0) is 9.59 Å². The average Bonchev–Trinajstić information content (AvgIpc) is 2.20. The second-order valence-electron chi connectivity index (χ2n) is 4.90. The molecule has 0 atom stereocenters. The maximum absolute atomic E-state index is 12.2. The number of carbonyl (C=O) groups excluding carboxylic acids is 3. The van der Waals surface area contributed by atoms with Gasteiger partial charge in [0.05, 0.1) is 6.54 Å². The van der Waals surface area contributed by atoms with Crippen molar-refractivity contribution in [2.24, 2.45) is 0 Å². The zero-order chi connectivity index (χ0) is 13.2. The molecule has 1 fully saturated rings. The normalized spacial score (nSPS) is 19.1. The summed E-state index contributed by atoms with van der Waals surface area (Å²) in [5.41, 5.74) is 0. The Kier molecular flexibility index (Phi) is 4.26. The number of carbonyl (C=O) groups is 3. The van der Waals surface area contributed by atoms with Gasteiger partial charge in [0.2, 0.25) is 5.91 Å². The second kappa shape index (κ2) is 5.29. The van der Waals surface area contributed by atoms with Crippen molar-refractivity contribution in [2.45, 2.75) is 52.6 Å². The molecule has 1 aliphatic rings. The van der Waals surface area contributed by atoms with Crippen molar-refractivity contribution in [3.05, 3.63) is 0 Å². The van der Waals surface area contributed by atoms with Crippen LogP contribution >= 0.6 is 0 Å². The number of hydrogen-bond donors (Lipinski definition) is 0. The maximum atomic E-state index is 12.2. The lowest BCUT2D eigenvalue weighted by Gasteiger charge is -2.35. The second-order valence-corrected chi connectivity index (χ2v) is 4.90. The highest BCUT2D eigenvalue weighted by Gasteiger charge is 2.33. The number of imide groups is 1. The van der Waals surface area contributed by atoms with Gasteiger partial charge in [-0.2, -0.15) is 0 Å². The quantitative estimate of drug-likeness (QED) is 0.733. The van der Waals surface area contributed by atoms with Gasteiger partial charge >= 0.3 is 6.03 Å². The molecule has 0 unspecified atom stereocenters. The lowest BCUT2D eigenvalue weighted by Crippen LogP contribution is -2.54. The molecule has 1 heterocycles. The van der Waals surface area contributed by atoms with Gasteiger partial charge in [-0.05, 0) is 27.7 Å². The summed E-state index contributed by atoms with van der Waals surface area (Å²) in [7, 11) is 0. The minimum absolute atomic E-state index is 0.0520. The summed E-state index contributed by atoms with van der Waals surface area (Å²) < 4.78 is 0. The monoisotopic (exact) mass is 240 g/mol. The van der Waals surface area contributed by atoms with E-state index >= 15 is 0 Å². The third kappa shape index (κ3) is 3.05. The average molecular weight is 240 g/mol. The van der Waals surface area contributed by atoms with Crippen molar-refractivity contribution in [2.75, 3.05) is 6.54 Å². The van der Waals surface area contributed by atoms with Gasteiger partial charge in [0.1, 0.15) is 0 Å². The standard InChI is InChI=1S/C12H20N2O3/c1-8(2)13-7-10(15)5-6-11(16)14(9(3)4)12(13)17/h8-9H,5-7H2,1-4H3. The van der Waals surface area contributed by atoms with Gasteiger partial charge in [-0.15, -0.1) is 0 Å². The van der Waals surface area contributed by atoms with Crippen molar-refractivity contribution < 1.29 is 14.4 Å². The molecule has 17 heavy (non-hydrogen) atoms. The highest BCUT2D eigenvalue weighted by atomic mass is 16.2. The molecular formula is C12H20N2O3. The minimum atomic E-state index is -0.354. The number of nitrogens with zero attached hydrogens (tertiary/aromatic N) is 2. The van der Waals surface area contributed by atoms with Crippen LogP contribution in [0.15, 0.2) is 0 Å². The Morgan fingerprint density at radius 2 is 1.53 bits per heavy atom. The predicted octanol–water partition coefficient (Wildman–Crippen LogP) is 1.42. The van der Waals surface area contributed by atoms with E-state index in [1.54, 1.807) is 13.8 Å². The zero-order valence-corrected chi connectivity index (χ0v) is 10.9. The molecule has 0 aromatic rings. The number of Topliss-reactive ketones (excluding diaryl/α,β-unsaturated/α-hetero) is 1. The summed E-state index contributed by atoms with van der Waals surface area (Å²) in [6.45, 7) is 7.40. The van der Waals surface area contributed by atoms with Gasteiger partial charge < -0.3 is 4.90 Å². The summed E-state index contributed by atoms with van der Waals surface area (Å²) in [5.74, 6) is -0.312. The first-order valence-corrected chi connectivity index (χ1v) is 5.99. The first-order chi connectivity index (χ1) is 7.84. The Morgan fingerprint density at radius 3 is 2.00 bits per heavy atom. The predicted molar refractivity (Wildman–Crippen MR) is 63.5 cm³/mol. The molecule has 5 heteroatoms. The van der Waals surface area contributed by atoms with E-state index < -0.39 is 0 Å². The van der Waals surface area contributed by atoms with Crippen molar-refractivity contribution in [1.82, 2.24) is 9.80 Å². The molecular weight excluding hydrogens is 220 g/mol. The number of rotatable bonds is 2. The van der Waals surface area contributed by atoms with E-state index in [1.807, 2.05) is 13.8 Å². The molecule has 5 nitrogen and oxygen atoms in total. The van der Waals surface area contributed by atoms with E-state index in [0.717, 1.165) is 0 Å². The molecule has 0 saturated carbocycles. The Balaban J connectivity index is 3.02. The van der Waals surface area contributed by atoms with E-state index in [4.69, 9.17) is 0 Å². The largest absolute Gasteiger partial charge is 0.327 e. The molecule has 1 aliphatic heterocycles. The summed E-state index contributed by atoms with van der Waals surface area (Å²) in [6, 6.07) is -0.615. The highest BCUT2D eigenvalue weighted by molar-refractivity contribution is 5.99. The topological polar surface area (TPSA) is 57.7 Å². The molecule has 0 aliphatic carbocycles. The SMILES string of the molecule is CC(C)N1CC(=O)CCC(=O)N(C(C)C)C1=O. The van der Waals surface area contributed by atoms with Crippen molar-refractivity contribution in [3.8, 4) is 0 Å². The molecule has 0 spiro atoms. The molecule has 0 bridgehead atoms. The van der Waals surface area contributed by atoms with Gasteiger partial charge in [0.25, 0.3) is 0 Å². The van der Waals surface area contributed by atoms with Gasteiger partial charge in [-0.3, -0.25) is 14.5 Å². The molecule has 1 saturated heterocycles. The van der Waals surface area contributed by atoms with Crippen LogP contribution in [-0.4, -0.2) is 46.1 Å². The van der Waals surface area contributed by atoms with Gasteiger partial charge in [-0.25, -0.2) is 4.79 Å². The fourth-order valence-electron chi connectivity index (χ4n) is 1.86. The lowest BCUT2D eigenvalue weighted by atomic mass is 10.1. The van der Waals surface area contributed by atoms with E-state index in [9.17, 15) is 14.4 Å². The number of urea groups is 1. The van der Waals surface area contributed by atoms with Crippen LogP contribution in [0.1, 0.15) is 40.5 Å². The first kappa shape index (κ1) is 13.7. The van der Waals surface area contributed by atoms with Crippen LogP contribution in [0.4, 0.5) is 4.79 Å². The van der Waals surface area contributed by atoms with Gasteiger partial charge in [0, 0.05) is 24.9 Å². The van der Waals surface area contributed by atoms with E-state index in [1.165, 1.54) is 9.80 Å². The van der Waals surface area contributed by atoms with Crippen LogP contribution in [0.3, 0.4) is 0 Å². The molecule has 96 valence electrons. The Hall–Kier alpha value is -1.39. The van der Waals surface area contributed by atoms with Crippen LogP contribution in [0.2, 0.25) is 0 Å². The lowest BCUT2D eigenvalue weighted by molar-refractivity contribution is -0.134. The van der Waals surface area contributed by atoms with Crippen molar-refractivity contribution in [1.29, 1.82) is 0 Å². The summed E-state index contributed by atoms with van der Waals surface area (Å²) in [4.78, 5) is 38.3. The molecule has 1 rings (SSSR count). The van der Waals surface area contributed by atoms with Crippen molar-refractivity contribution >= 4 is 17.7 Å². The van der Waals surface area contributed by atoms with Crippen LogP contribution in [0.25, 0.3) is 0 Å². The fraction of sp³-hybridized carbons (Fsp3) is 0.750. The third-order valence-electron chi connectivity index (χ3n) is 2.82. The molecule has 0 radical (unpaired) electrons. The van der Waals surface area contributed by atoms with Crippen LogP contribution < -0.4 is 0 Å². The molecule has 3 amide bonds. The Labute approximate surface area is 102 Å². The van der Waals surface area contributed by atoms with E-state index in [-0.39, 0.29) is 49.2 Å². The summed E-state index contributed by atoms with van der Waals surface area (Å²) in [6.07, 6.45) is 0.354. The Bertz CT molecular complexity index is 337. The first-order valence-electron chi connectivity index (χ1n) is 5.99. The van der Waals surface area contributed by atoms with Crippen molar-refractivity contribution in [3.63, 3.8) is 0 Å². The number of ketones is 1. The van der Waals surface area contributed by atoms with Gasteiger partial charge in [0.15, 0.2) is 5.78 Å². The molecule has 0 N–H and O–H groups in total. The molecule has 0 aromatic carbocycles. The fourth-order valence-corrected chi connectivity index (χ4v) is 1.86. The maximum Gasteiger partial charge on any atom is 0.327 e. The number of hydrogen-bond acceptors (Lipinski definition) is 3. The minimum Gasteiger partial charge on any atom is -0.315 e. The zero-order valence-electron chi connectivity index (χ0n) is 10.9. The molecule has 0 aromatic heterocycles. The third-order valence-corrected chi connectivity index (χ3v) is 2.82. The van der Waals surface area contributed by atoms with E-state index in [0.29, 0.717) is 0 Å². The van der Waals surface area contributed by atoms with Crippen LogP contribution in [0.5, 0.6) is 0 Å². The highest BCUT2D eigenvalue weighted by Crippen LogP contribution is 2.14. The van der Waals surface area contributed by atoms with Gasteiger partial charge in [-0.1, -0.05) is 0 Å². The summed E-state index contributed by atoms with van der Waals surface area (Å²) in [5, 5.41) is 0. The van der Waals surface area contributed by atoms with E-state index in [2.05, 4.69) is 0 Å². The Morgan fingerprint density at radius 1 is 0.941 bits per heavy atom. The van der Waals surface area contributed by atoms with Crippen LogP contribution in [0, 0.1) is 0 Å². The number of amides is 3. The smallest absolute Gasteiger partial charge is 0.315 e. The summed E-state index contributed by atoms with van der Waals surface area (Å²) >= 11 is 0.